The van der Waals surface area contributed by atoms with Gasteiger partial charge in [-0.05, 0) is 45.9 Å². The Hall–Kier alpha value is -4.18. The highest BCUT2D eigenvalue weighted by Crippen LogP contribution is 2.39. The smallest absolute Gasteiger partial charge is 0.338 e. The molecule has 1 aliphatic heterocycles. The SMILES string of the molecule is CC1=C(C(=O)OC(C)C)C(c2cccc([N+](=O)[O-])c2)C(C(=O)OC(C)CN(C)Cc2ccccc2)=C(N)N1. The molecule has 0 saturated heterocycles. The van der Waals surface area contributed by atoms with Crippen molar-refractivity contribution in [1.29, 1.82) is 0 Å². The maximum Gasteiger partial charge on any atom is 0.338 e. The van der Waals surface area contributed by atoms with Crippen LogP contribution in [0.25, 0.3) is 0 Å². The number of ether oxygens (including phenoxy) is 2. The number of allylic oxidation sites excluding steroid dienone is 1. The summed E-state index contributed by atoms with van der Waals surface area (Å²) in [6.45, 7) is 7.93. The molecule has 2 unspecified atom stereocenters. The van der Waals surface area contributed by atoms with E-state index in [1.807, 2.05) is 42.3 Å². The van der Waals surface area contributed by atoms with Crippen molar-refractivity contribution in [1.82, 2.24) is 10.2 Å². The first kappa shape index (κ1) is 28.4. The lowest BCUT2D eigenvalue weighted by molar-refractivity contribution is -0.384. The van der Waals surface area contributed by atoms with Crippen LogP contribution in [0.5, 0.6) is 0 Å². The Bertz CT molecular complexity index is 1250. The van der Waals surface area contributed by atoms with Crippen molar-refractivity contribution in [3.05, 3.63) is 98.5 Å². The summed E-state index contributed by atoms with van der Waals surface area (Å²) >= 11 is 0. The summed E-state index contributed by atoms with van der Waals surface area (Å²) in [5.41, 5.74) is 8.07. The number of nitrogens with one attached hydrogen (secondary N) is 1. The highest BCUT2D eigenvalue weighted by atomic mass is 16.6. The van der Waals surface area contributed by atoms with E-state index >= 15 is 0 Å². The Morgan fingerprint density at radius 3 is 2.34 bits per heavy atom. The molecule has 3 rings (SSSR count). The number of dihydropyridines is 1. The molecule has 38 heavy (non-hydrogen) atoms. The molecule has 0 aliphatic carbocycles. The maximum absolute atomic E-state index is 13.5. The summed E-state index contributed by atoms with van der Waals surface area (Å²) in [5.74, 6) is -2.40. The maximum atomic E-state index is 13.5. The minimum Gasteiger partial charge on any atom is -0.460 e. The van der Waals surface area contributed by atoms with Crippen LogP contribution in [0.4, 0.5) is 5.69 Å². The van der Waals surface area contributed by atoms with Gasteiger partial charge in [0.05, 0.1) is 28.1 Å². The third kappa shape index (κ3) is 6.98. The number of benzene rings is 2. The van der Waals surface area contributed by atoms with Gasteiger partial charge in [-0.2, -0.15) is 0 Å². The van der Waals surface area contributed by atoms with Crippen LogP contribution in [0.15, 0.2) is 77.3 Å². The number of carbonyl (C=O) groups excluding carboxylic acids is 2. The summed E-state index contributed by atoms with van der Waals surface area (Å²) in [5, 5.41) is 14.4. The van der Waals surface area contributed by atoms with Crippen LogP contribution in [0.3, 0.4) is 0 Å². The second kappa shape index (κ2) is 12.4. The van der Waals surface area contributed by atoms with Crippen LogP contribution in [0, 0.1) is 10.1 Å². The average molecular weight is 523 g/mol. The Morgan fingerprint density at radius 1 is 1.05 bits per heavy atom. The van der Waals surface area contributed by atoms with Gasteiger partial charge in [-0.25, -0.2) is 9.59 Å². The third-order valence-corrected chi connectivity index (χ3v) is 5.96. The highest BCUT2D eigenvalue weighted by molar-refractivity contribution is 6.00. The minimum atomic E-state index is -1.02. The Kier molecular flexibility index (Phi) is 9.25. The van der Waals surface area contributed by atoms with Gasteiger partial charge in [0, 0.05) is 30.9 Å². The van der Waals surface area contributed by atoms with Gasteiger partial charge in [0.25, 0.3) is 5.69 Å². The molecular weight excluding hydrogens is 488 g/mol. The number of nitrogens with two attached hydrogens (primary N) is 1. The number of hydrogen-bond donors (Lipinski definition) is 2. The van der Waals surface area contributed by atoms with Crippen LogP contribution in [-0.2, 0) is 25.6 Å². The zero-order valence-corrected chi connectivity index (χ0v) is 22.3. The zero-order chi connectivity index (χ0) is 28.0. The molecule has 1 aliphatic rings. The van der Waals surface area contributed by atoms with Crippen molar-refractivity contribution in [3.8, 4) is 0 Å². The van der Waals surface area contributed by atoms with Crippen LogP contribution in [0.1, 0.15) is 44.7 Å². The Morgan fingerprint density at radius 2 is 1.71 bits per heavy atom. The number of carbonyl (C=O) groups is 2. The summed E-state index contributed by atoms with van der Waals surface area (Å²) in [7, 11) is 1.92. The quantitative estimate of drug-likeness (QED) is 0.271. The van der Waals surface area contributed by atoms with E-state index in [2.05, 4.69) is 5.32 Å². The normalized spacial score (nSPS) is 16.3. The number of hydrogen-bond acceptors (Lipinski definition) is 9. The van der Waals surface area contributed by atoms with Gasteiger partial charge in [0.2, 0.25) is 0 Å². The summed E-state index contributed by atoms with van der Waals surface area (Å²) in [6, 6.07) is 15.7. The van der Waals surface area contributed by atoms with Crippen LogP contribution < -0.4 is 11.1 Å². The molecule has 0 aromatic heterocycles. The summed E-state index contributed by atoms with van der Waals surface area (Å²) in [4.78, 5) is 39.7. The number of likely N-dealkylation sites (N-methyl/N-ethyl adjacent to an activating group) is 1. The lowest BCUT2D eigenvalue weighted by Crippen LogP contribution is -2.38. The first-order chi connectivity index (χ1) is 18.0. The van der Waals surface area contributed by atoms with Gasteiger partial charge in [0.15, 0.2) is 0 Å². The zero-order valence-electron chi connectivity index (χ0n) is 22.3. The second-order valence-corrected chi connectivity index (χ2v) is 9.63. The molecule has 3 N–H and O–H groups in total. The van der Waals surface area contributed by atoms with E-state index in [1.54, 1.807) is 33.8 Å². The fourth-order valence-corrected chi connectivity index (χ4v) is 4.46. The summed E-state index contributed by atoms with van der Waals surface area (Å²) in [6.07, 6.45) is -0.937. The van der Waals surface area contributed by atoms with Crippen molar-refractivity contribution < 1.29 is 24.0 Å². The van der Waals surface area contributed by atoms with Gasteiger partial charge in [-0.3, -0.25) is 15.0 Å². The highest BCUT2D eigenvalue weighted by Gasteiger charge is 2.39. The molecule has 0 bridgehead atoms. The second-order valence-electron chi connectivity index (χ2n) is 9.63. The van der Waals surface area contributed by atoms with Gasteiger partial charge in [-0.1, -0.05) is 42.5 Å². The third-order valence-electron chi connectivity index (χ3n) is 5.96. The molecule has 2 atom stereocenters. The molecule has 2 aromatic rings. The van der Waals surface area contributed by atoms with Crippen molar-refractivity contribution in [2.24, 2.45) is 5.73 Å². The van der Waals surface area contributed by atoms with E-state index in [0.29, 0.717) is 24.4 Å². The molecule has 2 aromatic carbocycles. The van der Waals surface area contributed by atoms with Crippen LogP contribution >= 0.6 is 0 Å². The molecule has 0 spiro atoms. The molecule has 0 amide bonds. The average Bonchev–Trinajstić information content (AvgIpc) is 2.83. The Labute approximate surface area is 222 Å². The van der Waals surface area contributed by atoms with Gasteiger partial charge in [0.1, 0.15) is 11.9 Å². The molecule has 0 radical (unpaired) electrons. The van der Waals surface area contributed by atoms with Crippen molar-refractivity contribution in [2.75, 3.05) is 13.6 Å². The van der Waals surface area contributed by atoms with E-state index in [4.69, 9.17) is 15.2 Å². The predicted octanol–water partition coefficient (Wildman–Crippen LogP) is 3.74. The fourth-order valence-electron chi connectivity index (χ4n) is 4.46. The lowest BCUT2D eigenvalue weighted by atomic mass is 9.81. The number of nitro groups is 1. The molecule has 0 saturated carbocycles. The topological polar surface area (TPSA) is 137 Å². The molecule has 202 valence electrons. The monoisotopic (exact) mass is 522 g/mol. The van der Waals surface area contributed by atoms with Crippen molar-refractivity contribution in [3.63, 3.8) is 0 Å². The van der Waals surface area contributed by atoms with E-state index in [-0.39, 0.29) is 22.7 Å². The van der Waals surface area contributed by atoms with Crippen LogP contribution in [0.2, 0.25) is 0 Å². The van der Waals surface area contributed by atoms with E-state index in [0.717, 1.165) is 5.56 Å². The molecule has 10 heteroatoms. The molecule has 0 fully saturated rings. The Balaban J connectivity index is 1.91. The molecule has 1 heterocycles. The van der Waals surface area contributed by atoms with E-state index in [9.17, 15) is 19.7 Å². The number of non-ortho nitro benzene ring substituents is 1. The van der Waals surface area contributed by atoms with Crippen molar-refractivity contribution in [2.45, 2.75) is 52.4 Å². The summed E-state index contributed by atoms with van der Waals surface area (Å²) < 4.78 is 11.2. The van der Waals surface area contributed by atoms with Gasteiger partial charge < -0.3 is 20.5 Å². The minimum absolute atomic E-state index is 0.00921. The van der Waals surface area contributed by atoms with E-state index < -0.39 is 35.0 Å². The number of nitro benzene ring substituents is 1. The number of rotatable bonds is 10. The number of nitrogens with zero attached hydrogens (tertiary/aromatic N) is 2. The predicted molar refractivity (Wildman–Crippen MR) is 142 cm³/mol. The molecule has 10 nitrogen and oxygen atoms in total. The van der Waals surface area contributed by atoms with Gasteiger partial charge >= 0.3 is 11.9 Å². The largest absolute Gasteiger partial charge is 0.460 e. The fraction of sp³-hybridized carbons (Fsp3) is 0.357. The van der Waals surface area contributed by atoms with E-state index in [1.165, 1.54) is 18.2 Å². The lowest BCUT2D eigenvalue weighted by Gasteiger charge is -2.31. The van der Waals surface area contributed by atoms with Gasteiger partial charge in [-0.15, -0.1) is 0 Å². The molecular formula is C28H34N4O6. The first-order valence-electron chi connectivity index (χ1n) is 12.3. The first-order valence-corrected chi connectivity index (χ1v) is 12.3. The standard InChI is InChI=1S/C28H34N4O6/c1-17(2)37-27(33)23-19(4)30-26(29)25(24(23)21-12-9-13-22(14-21)32(35)36)28(34)38-18(3)15-31(5)16-20-10-7-6-8-11-20/h6-14,17-18,24,30H,15-16,29H2,1-5H3. The van der Waals surface area contributed by atoms with Crippen molar-refractivity contribution >= 4 is 17.6 Å². The number of esters is 2. The van der Waals surface area contributed by atoms with Crippen LogP contribution in [-0.4, -0.2) is 47.6 Å².